The minimum atomic E-state index is -0.642. The van der Waals surface area contributed by atoms with Crippen LogP contribution in [-0.2, 0) is 6.54 Å². The fraction of sp³-hybridized carbons (Fsp3) is 0.667. The summed E-state index contributed by atoms with van der Waals surface area (Å²) in [4.78, 5) is 0. The summed E-state index contributed by atoms with van der Waals surface area (Å²) in [5.41, 5.74) is 0.641. The molecule has 0 fully saturated rings. The largest absolute Gasteiger partial charge is 0.396 e. The summed E-state index contributed by atoms with van der Waals surface area (Å²) in [6.45, 7) is 2.69. The maximum Gasteiger partial charge on any atom is 0.0972 e. The van der Waals surface area contributed by atoms with Crippen LogP contribution in [0.1, 0.15) is 31.6 Å². The molecule has 4 nitrogen and oxygen atoms in total. The van der Waals surface area contributed by atoms with Crippen molar-refractivity contribution in [2.45, 2.75) is 32.4 Å². The van der Waals surface area contributed by atoms with Crippen molar-refractivity contribution >= 4 is 11.6 Å². The second kappa shape index (κ2) is 5.34. The average Bonchev–Trinajstić information content (AvgIpc) is 2.56. The third-order valence-electron chi connectivity index (χ3n) is 2.08. The lowest BCUT2D eigenvalue weighted by atomic mass is 10.1. The number of nitrogens with zero attached hydrogens (tertiary/aromatic N) is 2. The maximum absolute atomic E-state index is 9.78. The van der Waals surface area contributed by atoms with Crippen LogP contribution >= 0.6 is 11.6 Å². The molecule has 14 heavy (non-hydrogen) atoms. The van der Waals surface area contributed by atoms with Gasteiger partial charge in [0, 0.05) is 13.2 Å². The lowest BCUT2D eigenvalue weighted by molar-refractivity contribution is 0.142. The monoisotopic (exact) mass is 218 g/mol. The molecule has 80 valence electrons. The Hall–Kier alpha value is -0.580. The van der Waals surface area contributed by atoms with Crippen LogP contribution in [0.15, 0.2) is 6.20 Å². The lowest BCUT2D eigenvalue weighted by Gasteiger charge is -2.12. The van der Waals surface area contributed by atoms with Gasteiger partial charge in [0.05, 0.1) is 23.0 Å². The number of aliphatic hydroxyl groups is 2. The van der Waals surface area contributed by atoms with Crippen molar-refractivity contribution in [2.24, 2.45) is 0 Å². The predicted molar refractivity (Wildman–Crippen MR) is 54.2 cm³/mol. The first kappa shape index (κ1) is 11.5. The molecule has 0 aliphatic carbocycles. The molecule has 1 aromatic heterocycles. The van der Waals surface area contributed by atoms with Crippen molar-refractivity contribution in [3.8, 4) is 0 Å². The smallest absolute Gasteiger partial charge is 0.0972 e. The Morgan fingerprint density at radius 3 is 2.93 bits per heavy atom. The van der Waals surface area contributed by atoms with E-state index in [1.165, 1.54) is 6.20 Å². The zero-order valence-corrected chi connectivity index (χ0v) is 8.91. The third-order valence-corrected chi connectivity index (χ3v) is 2.38. The van der Waals surface area contributed by atoms with E-state index < -0.39 is 6.10 Å². The Morgan fingerprint density at radius 2 is 2.36 bits per heavy atom. The molecule has 5 heteroatoms. The molecule has 1 rings (SSSR count). The highest BCUT2D eigenvalue weighted by molar-refractivity contribution is 6.31. The second-order valence-corrected chi connectivity index (χ2v) is 3.48. The molecule has 0 bridgehead atoms. The van der Waals surface area contributed by atoms with E-state index in [4.69, 9.17) is 16.7 Å². The van der Waals surface area contributed by atoms with Crippen molar-refractivity contribution in [1.82, 2.24) is 9.78 Å². The summed E-state index contributed by atoms with van der Waals surface area (Å²) in [5, 5.41) is 22.9. The molecule has 1 heterocycles. The van der Waals surface area contributed by atoms with E-state index in [1.807, 2.05) is 6.92 Å². The molecule has 2 N–H and O–H groups in total. The van der Waals surface area contributed by atoms with Crippen molar-refractivity contribution in [3.63, 3.8) is 0 Å². The van der Waals surface area contributed by atoms with Gasteiger partial charge < -0.3 is 10.2 Å². The van der Waals surface area contributed by atoms with Crippen LogP contribution in [0.5, 0.6) is 0 Å². The molecule has 0 amide bonds. The van der Waals surface area contributed by atoms with Gasteiger partial charge in [-0.1, -0.05) is 11.6 Å². The number of halogens is 1. The van der Waals surface area contributed by atoms with Gasteiger partial charge in [0.15, 0.2) is 0 Å². The molecular weight excluding hydrogens is 204 g/mol. The molecule has 0 aliphatic rings. The van der Waals surface area contributed by atoms with E-state index in [1.54, 1.807) is 4.68 Å². The van der Waals surface area contributed by atoms with Gasteiger partial charge in [0.1, 0.15) is 0 Å². The Bertz CT molecular complexity index is 288. The Morgan fingerprint density at radius 1 is 1.64 bits per heavy atom. The summed E-state index contributed by atoms with van der Waals surface area (Å²) in [6, 6.07) is 0. The minimum Gasteiger partial charge on any atom is -0.396 e. The standard InChI is InChI=1S/C9H15ClN2O2/c1-2-12-9(7(10)6-11-12)8(14)4-3-5-13/h6,8,13-14H,2-5H2,1H3. The molecule has 0 aliphatic heterocycles. The molecule has 1 aromatic rings. The van der Waals surface area contributed by atoms with Crippen LogP contribution < -0.4 is 0 Å². The van der Waals surface area contributed by atoms with Crippen LogP contribution in [0.4, 0.5) is 0 Å². The van der Waals surface area contributed by atoms with E-state index in [9.17, 15) is 5.11 Å². The lowest BCUT2D eigenvalue weighted by Crippen LogP contribution is -2.08. The maximum atomic E-state index is 9.78. The van der Waals surface area contributed by atoms with Crippen molar-refractivity contribution in [1.29, 1.82) is 0 Å². The van der Waals surface area contributed by atoms with Crippen LogP contribution in [-0.4, -0.2) is 26.6 Å². The van der Waals surface area contributed by atoms with Crippen LogP contribution in [0.25, 0.3) is 0 Å². The molecular formula is C9H15ClN2O2. The average molecular weight is 219 g/mol. The van der Waals surface area contributed by atoms with Crippen LogP contribution in [0.3, 0.4) is 0 Å². The number of rotatable bonds is 5. The summed E-state index contributed by atoms with van der Waals surface area (Å²) < 4.78 is 1.67. The van der Waals surface area contributed by atoms with Gasteiger partial charge in [0.2, 0.25) is 0 Å². The number of aryl methyl sites for hydroxylation is 1. The highest BCUT2D eigenvalue weighted by atomic mass is 35.5. The van der Waals surface area contributed by atoms with E-state index in [0.717, 1.165) is 0 Å². The van der Waals surface area contributed by atoms with Gasteiger partial charge in [-0.25, -0.2) is 0 Å². The fourth-order valence-electron chi connectivity index (χ4n) is 1.38. The van der Waals surface area contributed by atoms with Gasteiger partial charge in [-0.15, -0.1) is 0 Å². The summed E-state index contributed by atoms with van der Waals surface area (Å²) in [7, 11) is 0. The van der Waals surface area contributed by atoms with Gasteiger partial charge >= 0.3 is 0 Å². The summed E-state index contributed by atoms with van der Waals surface area (Å²) >= 11 is 5.89. The van der Waals surface area contributed by atoms with Crippen LogP contribution in [0.2, 0.25) is 5.02 Å². The first-order valence-corrected chi connectivity index (χ1v) is 5.08. The fourth-order valence-corrected chi connectivity index (χ4v) is 1.64. The van der Waals surface area contributed by atoms with Crippen molar-refractivity contribution in [3.05, 3.63) is 16.9 Å². The molecule has 1 atom stereocenters. The second-order valence-electron chi connectivity index (χ2n) is 3.08. The zero-order chi connectivity index (χ0) is 10.6. The van der Waals surface area contributed by atoms with E-state index in [-0.39, 0.29) is 6.61 Å². The van der Waals surface area contributed by atoms with E-state index in [2.05, 4.69) is 5.10 Å². The number of hydrogen-bond acceptors (Lipinski definition) is 3. The molecule has 0 saturated carbocycles. The minimum absolute atomic E-state index is 0.0783. The number of aliphatic hydroxyl groups excluding tert-OH is 2. The first-order valence-electron chi connectivity index (χ1n) is 4.70. The first-order chi connectivity index (χ1) is 6.70. The van der Waals surface area contributed by atoms with Gasteiger partial charge in [0.25, 0.3) is 0 Å². The molecule has 0 spiro atoms. The van der Waals surface area contributed by atoms with E-state index >= 15 is 0 Å². The Kier molecular flexibility index (Phi) is 4.38. The van der Waals surface area contributed by atoms with Gasteiger partial charge in [-0.2, -0.15) is 5.10 Å². The topological polar surface area (TPSA) is 58.3 Å². The number of aromatic nitrogens is 2. The Balaban J connectivity index is 2.76. The third kappa shape index (κ3) is 2.47. The quantitative estimate of drug-likeness (QED) is 0.785. The highest BCUT2D eigenvalue weighted by Crippen LogP contribution is 2.25. The van der Waals surface area contributed by atoms with Gasteiger partial charge in [-0.3, -0.25) is 4.68 Å². The number of hydrogen-bond donors (Lipinski definition) is 2. The normalized spacial score (nSPS) is 13.1. The molecule has 0 saturated heterocycles. The Labute approximate surface area is 88.1 Å². The highest BCUT2D eigenvalue weighted by Gasteiger charge is 2.16. The van der Waals surface area contributed by atoms with Crippen molar-refractivity contribution < 1.29 is 10.2 Å². The summed E-state index contributed by atoms with van der Waals surface area (Å²) in [5.74, 6) is 0. The van der Waals surface area contributed by atoms with Crippen molar-refractivity contribution in [2.75, 3.05) is 6.61 Å². The SMILES string of the molecule is CCn1ncc(Cl)c1C(O)CCCO. The summed E-state index contributed by atoms with van der Waals surface area (Å²) in [6.07, 6.45) is 1.95. The van der Waals surface area contributed by atoms with E-state index in [0.29, 0.717) is 30.1 Å². The molecule has 1 unspecified atom stereocenters. The predicted octanol–water partition coefficient (Wildman–Crippen LogP) is 1.36. The molecule has 0 radical (unpaired) electrons. The van der Waals surface area contributed by atoms with Gasteiger partial charge in [-0.05, 0) is 19.8 Å². The van der Waals surface area contributed by atoms with Crippen LogP contribution in [0, 0.1) is 0 Å². The zero-order valence-electron chi connectivity index (χ0n) is 8.15. The molecule has 0 aromatic carbocycles.